The van der Waals surface area contributed by atoms with Crippen molar-refractivity contribution in [2.45, 2.75) is 96.8 Å². The number of unbranched alkanes of at least 4 members (excludes halogenated alkanes) is 12. The van der Waals surface area contributed by atoms with Gasteiger partial charge in [0, 0.05) is 6.42 Å². The first-order chi connectivity index (χ1) is 13.1. The van der Waals surface area contributed by atoms with Crippen molar-refractivity contribution in [2.75, 3.05) is 46.4 Å². The SMILES string of the molecule is CCCCCCCCCCCCCCCC(=O)N1CC[N+](C)(CCO)CC1. The van der Waals surface area contributed by atoms with Gasteiger partial charge in [0.1, 0.15) is 6.54 Å². The highest BCUT2D eigenvalue weighted by Crippen LogP contribution is 2.15. The maximum absolute atomic E-state index is 12.3. The van der Waals surface area contributed by atoms with E-state index in [4.69, 9.17) is 5.11 Å². The smallest absolute Gasteiger partial charge is 0.222 e. The minimum atomic E-state index is 0.239. The molecular formula is C23H47N2O2+. The summed E-state index contributed by atoms with van der Waals surface area (Å²) < 4.78 is 0.902. The molecule has 0 bridgehead atoms. The van der Waals surface area contributed by atoms with E-state index < -0.39 is 0 Å². The average Bonchev–Trinajstić information content (AvgIpc) is 2.66. The lowest BCUT2D eigenvalue weighted by molar-refractivity contribution is -0.913. The fourth-order valence-electron chi connectivity index (χ4n) is 4.11. The Labute approximate surface area is 168 Å². The van der Waals surface area contributed by atoms with Crippen LogP contribution in [-0.4, -0.2) is 66.8 Å². The fourth-order valence-corrected chi connectivity index (χ4v) is 4.11. The lowest BCUT2D eigenvalue weighted by Crippen LogP contribution is -2.59. The van der Waals surface area contributed by atoms with Crippen LogP contribution in [0, 0.1) is 0 Å². The van der Waals surface area contributed by atoms with Crippen LogP contribution in [0.5, 0.6) is 0 Å². The van der Waals surface area contributed by atoms with Crippen molar-refractivity contribution in [3.8, 4) is 0 Å². The molecule has 0 atom stereocenters. The number of rotatable bonds is 16. The lowest BCUT2D eigenvalue weighted by Gasteiger charge is -2.41. The molecule has 1 rings (SSSR count). The second-order valence-electron chi connectivity index (χ2n) is 8.89. The highest BCUT2D eigenvalue weighted by Gasteiger charge is 2.29. The summed E-state index contributed by atoms with van der Waals surface area (Å²) in [5.41, 5.74) is 0. The number of hydrogen-bond donors (Lipinski definition) is 1. The van der Waals surface area contributed by atoms with Gasteiger partial charge in [-0.25, -0.2) is 0 Å². The van der Waals surface area contributed by atoms with E-state index in [1.807, 2.05) is 4.90 Å². The van der Waals surface area contributed by atoms with Crippen LogP contribution in [0.1, 0.15) is 96.8 Å². The topological polar surface area (TPSA) is 40.5 Å². The Kier molecular flexibility index (Phi) is 13.9. The lowest BCUT2D eigenvalue weighted by atomic mass is 10.0. The van der Waals surface area contributed by atoms with Gasteiger partial charge in [-0.2, -0.15) is 0 Å². The Bertz CT molecular complexity index is 365. The summed E-state index contributed by atoms with van der Waals surface area (Å²) in [6.07, 6.45) is 18.2. The molecule has 27 heavy (non-hydrogen) atoms. The van der Waals surface area contributed by atoms with Crippen molar-refractivity contribution in [2.24, 2.45) is 0 Å². The molecule has 0 spiro atoms. The van der Waals surface area contributed by atoms with Gasteiger partial charge in [0.05, 0.1) is 39.8 Å². The number of piperazine rings is 1. The maximum Gasteiger partial charge on any atom is 0.222 e. The standard InChI is InChI=1S/C23H47N2O2/c1-3-4-5-6-7-8-9-10-11-12-13-14-15-16-23(27)24-17-19-25(2,20-18-24)21-22-26/h26H,3-22H2,1-2H3/q+1. The van der Waals surface area contributed by atoms with Crippen molar-refractivity contribution in [1.29, 1.82) is 0 Å². The number of likely N-dealkylation sites (N-methyl/N-ethyl adjacent to an activating group) is 1. The molecule has 4 heteroatoms. The van der Waals surface area contributed by atoms with Crippen LogP contribution < -0.4 is 0 Å². The highest BCUT2D eigenvalue weighted by atomic mass is 16.3. The van der Waals surface area contributed by atoms with E-state index in [2.05, 4.69) is 14.0 Å². The van der Waals surface area contributed by atoms with Gasteiger partial charge >= 0.3 is 0 Å². The maximum atomic E-state index is 12.3. The minimum absolute atomic E-state index is 0.239. The predicted molar refractivity (Wildman–Crippen MR) is 115 cm³/mol. The van der Waals surface area contributed by atoms with E-state index in [0.717, 1.165) is 50.0 Å². The highest BCUT2D eigenvalue weighted by molar-refractivity contribution is 5.76. The number of nitrogens with zero attached hydrogens (tertiary/aromatic N) is 2. The molecule has 0 radical (unpaired) electrons. The van der Waals surface area contributed by atoms with Crippen molar-refractivity contribution >= 4 is 5.91 Å². The normalized spacial score (nSPS) is 16.6. The number of hydrogen-bond acceptors (Lipinski definition) is 2. The van der Waals surface area contributed by atoms with E-state index in [1.54, 1.807) is 0 Å². The van der Waals surface area contributed by atoms with Gasteiger partial charge in [-0.05, 0) is 6.42 Å². The van der Waals surface area contributed by atoms with Crippen LogP contribution in [0.3, 0.4) is 0 Å². The molecule has 1 aliphatic rings. The van der Waals surface area contributed by atoms with Crippen LogP contribution >= 0.6 is 0 Å². The molecule has 0 aromatic carbocycles. The number of amides is 1. The van der Waals surface area contributed by atoms with Crippen LogP contribution in [-0.2, 0) is 4.79 Å². The molecular weight excluding hydrogens is 336 g/mol. The molecule has 1 saturated heterocycles. The van der Waals surface area contributed by atoms with E-state index in [1.165, 1.54) is 77.0 Å². The Morgan fingerprint density at radius 1 is 0.815 bits per heavy atom. The van der Waals surface area contributed by atoms with Gasteiger partial charge in [-0.15, -0.1) is 0 Å². The van der Waals surface area contributed by atoms with Gasteiger partial charge in [0.25, 0.3) is 0 Å². The third-order valence-corrected chi connectivity index (χ3v) is 6.31. The van der Waals surface area contributed by atoms with E-state index in [0.29, 0.717) is 5.91 Å². The summed E-state index contributed by atoms with van der Waals surface area (Å²) in [5.74, 6) is 0.341. The molecule has 0 aromatic heterocycles. The predicted octanol–water partition coefficient (Wildman–Crippen LogP) is 4.75. The average molecular weight is 384 g/mol. The largest absolute Gasteiger partial charge is 0.391 e. The fraction of sp³-hybridized carbons (Fsp3) is 0.957. The second-order valence-corrected chi connectivity index (χ2v) is 8.89. The van der Waals surface area contributed by atoms with Gasteiger partial charge in [-0.1, -0.05) is 84.0 Å². The van der Waals surface area contributed by atoms with Crippen molar-refractivity contribution < 1.29 is 14.4 Å². The zero-order valence-electron chi connectivity index (χ0n) is 18.4. The summed E-state index contributed by atoms with van der Waals surface area (Å²) in [4.78, 5) is 14.4. The second kappa shape index (κ2) is 15.3. The van der Waals surface area contributed by atoms with Crippen LogP contribution in [0.4, 0.5) is 0 Å². The van der Waals surface area contributed by atoms with E-state index in [9.17, 15) is 4.79 Å². The molecule has 0 aliphatic carbocycles. The molecule has 1 amide bonds. The minimum Gasteiger partial charge on any atom is -0.391 e. The number of aliphatic hydroxyl groups excluding tert-OH is 1. The Hall–Kier alpha value is -0.610. The summed E-state index contributed by atoms with van der Waals surface area (Å²) in [7, 11) is 2.19. The third kappa shape index (κ3) is 11.7. The van der Waals surface area contributed by atoms with Crippen molar-refractivity contribution in [3.05, 3.63) is 0 Å². The molecule has 1 aliphatic heterocycles. The molecule has 0 aromatic rings. The summed E-state index contributed by atoms with van der Waals surface area (Å²) in [6.45, 7) is 6.99. The van der Waals surface area contributed by atoms with E-state index >= 15 is 0 Å². The van der Waals surface area contributed by atoms with Crippen molar-refractivity contribution in [3.63, 3.8) is 0 Å². The first-order valence-corrected chi connectivity index (χ1v) is 11.8. The van der Waals surface area contributed by atoms with Gasteiger partial charge in [-0.3, -0.25) is 4.79 Å². The number of carbonyl (C=O) groups is 1. The monoisotopic (exact) mass is 383 g/mol. The Morgan fingerprint density at radius 2 is 1.26 bits per heavy atom. The first kappa shape index (κ1) is 24.4. The molecule has 1 fully saturated rings. The summed E-state index contributed by atoms with van der Waals surface area (Å²) in [6, 6.07) is 0. The van der Waals surface area contributed by atoms with Gasteiger partial charge in [0.15, 0.2) is 0 Å². The molecule has 0 saturated carbocycles. The third-order valence-electron chi connectivity index (χ3n) is 6.31. The molecule has 1 heterocycles. The summed E-state index contributed by atoms with van der Waals surface area (Å²) in [5, 5.41) is 9.15. The van der Waals surface area contributed by atoms with Crippen LogP contribution in [0.2, 0.25) is 0 Å². The Balaban J connectivity index is 1.89. The van der Waals surface area contributed by atoms with Crippen LogP contribution in [0.15, 0.2) is 0 Å². The Morgan fingerprint density at radius 3 is 1.70 bits per heavy atom. The molecule has 1 N–H and O–H groups in total. The zero-order valence-corrected chi connectivity index (χ0v) is 18.4. The van der Waals surface area contributed by atoms with Gasteiger partial charge in [0.2, 0.25) is 5.91 Å². The van der Waals surface area contributed by atoms with Gasteiger partial charge < -0.3 is 14.5 Å². The quantitative estimate of drug-likeness (QED) is 0.309. The molecule has 0 unspecified atom stereocenters. The first-order valence-electron chi connectivity index (χ1n) is 11.8. The summed E-state index contributed by atoms with van der Waals surface area (Å²) >= 11 is 0. The number of quaternary nitrogens is 1. The number of carbonyl (C=O) groups excluding carboxylic acids is 1. The van der Waals surface area contributed by atoms with E-state index in [-0.39, 0.29) is 6.61 Å². The molecule has 160 valence electrons. The van der Waals surface area contributed by atoms with Crippen LogP contribution in [0.25, 0.3) is 0 Å². The van der Waals surface area contributed by atoms with Crippen molar-refractivity contribution in [1.82, 2.24) is 4.90 Å². The zero-order chi connectivity index (χ0) is 19.8. The number of aliphatic hydroxyl groups is 1. The molecule has 4 nitrogen and oxygen atoms in total.